The molecule has 0 aromatic carbocycles. The minimum atomic E-state index is 0.0349. The lowest BCUT2D eigenvalue weighted by Crippen LogP contribution is -2.02. The molecule has 1 heterocycles. The second kappa shape index (κ2) is 5.56. The van der Waals surface area contributed by atoms with E-state index in [0.717, 1.165) is 10.9 Å². The summed E-state index contributed by atoms with van der Waals surface area (Å²) in [6.45, 7) is 0. The second-order valence-corrected chi connectivity index (χ2v) is 3.67. The molecule has 0 radical (unpaired) electrons. The smallest absolute Gasteiger partial charge is 0.182 e. The highest BCUT2D eigenvalue weighted by Crippen LogP contribution is 2.15. The Morgan fingerprint density at radius 1 is 1.64 bits per heavy atom. The van der Waals surface area contributed by atoms with Gasteiger partial charge < -0.3 is 0 Å². The summed E-state index contributed by atoms with van der Waals surface area (Å²) in [5.41, 5.74) is 0.490. The number of rotatable bonds is 4. The van der Waals surface area contributed by atoms with Crippen molar-refractivity contribution < 1.29 is 4.79 Å². The van der Waals surface area contributed by atoms with E-state index < -0.39 is 0 Å². The van der Waals surface area contributed by atoms with E-state index in [-0.39, 0.29) is 5.78 Å². The van der Waals surface area contributed by atoms with Gasteiger partial charge in [0.25, 0.3) is 0 Å². The molecule has 1 rings (SSSR count). The summed E-state index contributed by atoms with van der Waals surface area (Å²) in [4.78, 5) is 15.6. The van der Waals surface area contributed by atoms with Crippen molar-refractivity contribution in [1.82, 2.24) is 4.98 Å². The summed E-state index contributed by atoms with van der Waals surface area (Å²) in [6.07, 6.45) is 8.52. The molecule has 1 aromatic rings. The van der Waals surface area contributed by atoms with E-state index >= 15 is 0 Å². The number of terminal acetylenes is 1. The Morgan fingerprint density at radius 2 is 2.43 bits per heavy atom. The zero-order valence-corrected chi connectivity index (χ0v) is 9.25. The highest BCUT2D eigenvalue weighted by Gasteiger charge is 2.09. The highest BCUT2D eigenvalue weighted by atomic mass is 79.9. The third-order valence-electron chi connectivity index (χ3n) is 1.75. The lowest BCUT2D eigenvalue weighted by molar-refractivity contribution is 0.0975. The number of ketones is 1. The highest BCUT2D eigenvalue weighted by molar-refractivity contribution is 9.10. The van der Waals surface area contributed by atoms with Gasteiger partial charge >= 0.3 is 0 Å². The van der Waals surface area contributed by atoms with Gasteiger partial charge in [-0.15, -0.1) is 12.3 Å². The third kappa shape index (κ3) is 2.97. The monoisotopic (exact) mass is 251 g/mol. The lowest BCUT2D eigenvalue weighted by Gasteiger charge is -2.00. The Morgan fingerprint density at radius 3 is 3.07 bits per heavy atom. The van der Waals surface area contributed by atoms with Crippen LogP contribution in [0.3, 0.4) is 0 Å². The van der Waals surface area contributed by atoms with Crippen molar-refractivity contribution in [1.29, 1.82) is 0 Å². The van der Waals surface area contributed by atoms with Gasteiger partial charge in [0, 0.05) is 23.5 Å². The summed E-state index contributed by atoms with van der Waals surface area (Å²) < 4.78 is 0.741. The molecule has 0 spiro atoms. The average Bonchev–Trinajstić information content (AvgIpc) is 2.18. The molecule has 0 atom stereocenters. The summed E-state index contributed by atoms with van der Waals surface area (Å²) in [7, 11) is 0. The zero-order chi connectivity index (χ0) is 10.4. The number of hydrogen-bond donors (Lipinski definition) is 0. The van der Waals surface area contributed by atoms with Crippen LogP contribution in [0.4, 0.5) is 0 Å². The molecule has 0 amide bonds. The van der Waals surface area contributed by atoms with Gasteiger partial charge in [0.1, 0.15) is 5.69 Å². The number of nitrogens with zero attached hydrogens (tertiary/aromatic N) is 1. The van der Waals surface area contributed by atoms with E-state index in [2.05, 4.69) is 26.8 Å². The van der Waals surface area contributed by atoms with Gasteiger partial charge in [-0.25, -0.2) is 0 Å². The number of Topliss-reactive ketones (excluding diaryl/α,β-unsaturated/α-hetero) is 1. The maximum atomic E-state index is 11.6. The Kier molecular flexibility index (Phi) is 4.34. The second-order valence-electron chi connectivity index (χ2n) is 2.81. The van der Waals surface area contributed by atoms with Crippen molar-refractivity contribution in [3.63, 3.8) is 0 Å². The first-order valence-electron chi connectivity index (χ1n) is 4.33. The Bertz CT molecular complexity index is 368. The topological polar surface area (TPSA) is 30.0 Å². The molecule has 0 aliphatic heterocycles. The van der Waals surface area contributed by atoms with Crippen LogP contribution < -0.4 is 0 Å². The van der Waals surface area contributed by atoms with Crippen LogP contribution in [-0.4, -0.2) is 10.8 Å². The SMILES string of the molecule is C#CCCCC(=O)c1ncccc1Br. The molecule has 2 nitrogen and oxygen atoms in total. The van der Waals surface area contributed by atoms with Crippen LogP contribution in [0.5, 0.6) is 0 Å². The molecule has 0 fully saturated rings. The molecule has 0 bridgehead atoms. The molecule has 0 aliphatic carbocycles. The number of hydrogen-bond acceptors (Lipinski definition) is 2. The fraction of sp³-hybridized carbons (Fsp3) is 0.273. The summed E-state index contributed by atoms with van der Waals surface area (Å²) >= 11 is 3.28. The first kappa shape index (κ1) is 10.9. The Hall–Kier alpha value is -1.14. The van der Waals surface area contributed by atoms with Gasteiger partial charge in [0.15, 0.2) is 5.78 Å². The number of aromatic nitrogens is 1. The predicted molar refractivity (Wildman–Crippen MR) is 59.0 cm³/mol. The molecule has 0 unspecified atom stereocenters. The molecule has 0 saturated heterocycles. The van der Waals surface area contributed by atoms with Gasteiger partial charge in [-0.1, -0.05) is 0 Å². The van der Waals surface area contributed by atoms with Crippen molar-refractivity contribution in [2.24, 2.45) is 0 Å². The predicted octanol–water partition coefficient (Wildman–Crippen LogP) is 2.83. The molecular formula is C11H10BrNO. The molecular weight excluding hydrogens is 242 g/mol. The molecule has 72 valence electrons. The maximum Gasteiger partial charge on any atom is 0.182 e. The van der Waals surface area contributed by atoms with E-state index in [1.165, 1.54) is 0 Å². The van der Waals surface area contributed by atoms with Gasteiger partial charge in [0.2, 0.25) is 0 Å². The normalized spacial score (nSPS) is 9.43. The van der Waals surface area contributed by atoms with Crippen LogP contribution in [0.15, 0.2) is 22.8 Å². The number of carbonyl (C=O) groups is 1. The Balaban J connectivity index is 2.62. The summed E-state index contributed by atoms with van der Waals surface area (Å²) in [5.74, 6) is 2.54. The van der Waals surface area contributed by atoms with E-state index in [1.807, 2.05) is 0 Å². The van der Waals surface area contributed by atoms with Gasteiger partial charge in [-0.05, 0) is 34.5 Å². The molecule has 3 heteroatoms. The molecule has 0 aliphatic rings. The average molecular weight is 252 g/mol. The number of unbranched alkanes of at least 4 members (excludes halogenated alkanes) is 1. The van der Waals surface area contributed by atoms with Gasteiger partial charge in [-0.3, -0.25) is 9.78 Å². The van der Waals surface area contributed by atoms with E-state index in [4.69, 9.17) is 6.42 Å². The first-order valence-corrected chi connectivity index (χ1v) is 5.12. The number of carbonyl (C=O) groups excluding carboxylic acids is 1. The minimum absolute atomic E-state index is 0.0349. The standard InChI is InChI=1S/C11H10BrNO/c1-2-3-4-7-10(14)11-9(12)6-5-8-13-11/h1,5-6,8H,3-4,7H2. The molecule has 0 N–H and O–H groups in total. The van der Waals surface area contributed by atoms with Crippen LogP contribution in [0.1, 0.15) is 29.8 Å². The molecule has 1 aromatic heterocycles. The van der Waals surface area contributed by atoms with Crippen LogP contribution in [0.25, 0.3) is 0 Å². The van der Waals surface area contributed by atoms with Gasteiger partial charge in [0.05, 0.1) is 0 Å². The van der Waals surface area contributed by atoms with Crippen molar-refractivity contribution in [3.05, 3.63) is 28.5 Å². The third-order valence-corrected chi connectivity index (χ3v) is 2.39. The minimum Gasteiger partial charge on any atom is -0.292 e. The van der Waals surface area contributed by atoms with Crippen LogP contribution >= 0.6 is 15.9 Å². The molecule has 14 heavy (non-hydrogen) atoms. The van der Waals surface area contributed by atoms with E-state index in [9.17, 15) is 4.79 Å². The van der Waals surface area contributed by atoms with Crippen molar-refractivity contribution in [3.8, 4) is 12.3 Å². The molecule has 0 saturated carbocycles. The quantitative estimate of drug-likeness (QED) is 0.468. The summed E-state index contributed by atoms with van der Waals surface area (Å²) in [6, 6.07) is 3.59. The van der Waals surface area contributed by atoms with Crippen LogP contribution in [0, 0.1) is 12.3 Å². The number of halogens is 1. The largest absolute Gasteiger partial charge is 0.292 e. The first-order chi connectivity index (χ1) is 6.75. The van der Waals surface area contributed by atoms with Crippen molar-refractivity contribution in [2.45, 2.75) is 19.3 Å². The summed E-state index contributed by atoms with van der Waals surface area (Å²) in [5, 5.41) is 0. The van der Waals surface area contributed by atoms with Crippen molar-refractivity contribution >= 4 is 21.7 Å². The Labute approximate surface area is 91.9 Å². The van der Waals surface area contributed by atoms with Crippen molar-refractivity contribution in [2.75, 3.05) is 0 Å². The fourth-order valence-corrected chi connectivity index (χ4v) is 1.54. The van der Waals surface area contributed by atoms with E-state index in [1.54, 1.807) is 18.3 Å². The van der Waals surface area contributed by atoms with E-state index in [0.29, 0.717) is 18.5 Å². The fourth-order valence-electron chi connectivity index (χ4n) is 1.06. The number of pyridine rings is 1. The lowest BCUT2D eigenvalue weighted by atomic mass is 10.1. The van der Waals surface area contributed by atoms with Crippen LogP contribution in [-0.2, 0) is 0 Å². The maximum absolute atomic E-state index is 11.6. The van der Waals surface area contributed by atoms with Gasteiger partial charge in [-0.2, -0.15) is 0 Å². The van der Waals surface area contributed by atoms with Crippen LogP contribution in [0.2, 0.25) is 0 Å². The zero-order valence-electron chi connectivity index (χ0n) is 7.66.